The van der Waals surface area contributed by atoms with E-state index < -0.39 is 0 Å². The van der Waals surface area contributed by atoms with Crippen molar-refractivity contribution in [3.63, 3.8) is 0 Å². The second-order valence-corrected chi connectivity index (χ2v) is 5.29. The van der Waals surface area contributed by atoms with Gasteiger partial charge in [0.2, 0.25) is 5.91 Å². The first-order valence-electron chi connectivity index (χ1n) is 7.24. The molecule has 0 spiro atoms. The van der Waals surface area contributed by atoms with Gasteiger partial charge in [0.25, 0.3) is 0 Å². The molecule has 1 N–H and O–H groups in total. The summed E-state index contributed by atoms with van der Waals surface area (Å²) in [5.41, 5.74) is 0.864. The van der Waals surface area contributed by atoms with Gasteiger partial charge in [-0.1, -0.05) is 0 Å². The number of rotatable bonds is 4. The van der Waals surface area contributed by atoms with Gasteiger partial charge in [0.05, 0.1) is 24.5 Å². The van der Waals surface area contributed by atoms with Gasteiger partial charge in [-0.2, -0.15) is 0 Å². The summed E-state index contributed by atoms with van der Waals surface area (Å²) >= 11 is 0. The molecule has 0 saturated carbocycles. The normalized spacial score (nSPS) is 19.0. The highest BCUT2D eigenvalue weighted by atomic mass is 16.3. The van der Waals surface area contributed by atoms with Crippen molar-refractivity contribution < 1.29 is 9.21 Å². The monoisotopic (exact) mass is 285 g/mol. The quantitative estimate of drug-likeness (QED) is 0.936. The van der Waals surface area contributed by atoms with Crippen LogP contribution in [0.1, 0.15) is 24.4 Å². The van der Waals surface area contributed by atoms with Crippen molar-refractivity contribution >= 4 is 11.6 Å². The maximum Gasteiger partial charge on any atom is 0.244 e. The maximum atomic E-state index is 12.6. The number of anilines is 1. The van der Waals surface area contributed by atoms with Crippen molar-refractivity contribution in [2.24, 2.45) is 0 Å². The van der Waals surface area contributed by atoms with Gasteiger partial charge in [-0.15, -0.1) is 0 Å². The minimum absolute atomic E-state index is 0.109. The molecule has 3 heterocycles. The Balaban J connectivity index is 1.65. The van der Waals surface area contributed by atoms with Gasteiger partial charge in [-0.05, 0) is 44.0 Å². The minimum Gasteiger partial charge on any atom is -0.465 e. The molecule has 5 heteroatoms. The van der Waals surface area contributed by atoms with Crippen molar-refractivity contribution in [2.75, 3.05) is 11.4 Å². The number of pyridine rings is 1. The summed E-state index contributed by atoms with van der Waals surface area (Å²) in [4.78, 5) is 18.5. The van der Waals surface area contributed by atoms with E-state index in [1.807, 2.05) is 36.1 Å². The molecule has 1 saturated heterocycles. The first-order chi connectivity index (χ1) is 10.2. The van der Waals surface area contributed by atoms with Crippen LogP contribution in [0, 0.1) is 6.92 Å². The third-order valence-corrected chi connectivity index (χ3v) is 3.71. The summed E-state index contributed by atoms with van der Waals surface area (Å²) in [7, 11) is 0. The minimum atomic E-state index is -0.163. The lowest BCUT2D eigenvalue weighted by Crippen LogP contribution is -2.50. The highest BCUT2D eigenvalue weighted by Crippen LogP contribution is 2.20. The molecule has 0 aliphatic carbocycles. The molecule has 1 amide bonds. The molecule has 0 bridgehead atoms. The van der Waals surface area contributed by atoms with Gasteiger partial charge in [-0.25, -0.2) is 0 Å². The average molecular weight is 285 g/mol. The Morgan fingerprint density at radius 2 is 2.33 bits per heavy atom. The number of aryl methyl sites for hydroxylation is 1. The van der Waals surface area contributed by atoms with Crippen molar-refractivity contribution in [1.29, 1.82) is 0 Å². The smallest absolute Gasteiger partial charge is 0.244 e. The van der Waals surface area contributed by atoms with E-state index in [2.05, 4.69) is 10.3 Å². The van der Waals surface area contributed by atoms with E-state index in [9.17, 15) is 4.79 Å². The number of nitrogens with one attached hydrogen (secondary N) is 1. The fourth-order valence-corrected chi connectivity index (χ4v) is 2.64. The predicted octanol–water partition coefficient (Wildman–Crippen LogP) is 2.27. The van der Waals surface area contributed by atoms with E-state index in [1.165, 1.54) is 0 Å². The molecule has 5 nitrogen and oxygen atoms in total. The largest absolute Gasteiger partial charge is 0.465 e. The standard InChI is InChI=1S/C16H19N3O2/c1-12-6-7-14(21-12)11-18-15-5-3-9-19(16(15)20)13-4-2-8-17-10-13/h2,4,6-8,10,15,18H,3,5,9,11H2,1H3/t15-/m0/s1. The Kier molecular flexibility index (Phi) is 4.01. The molecule has 1 aliphatic heterocycles. The molecule has 21 heavy (non-hydrogen) atoms. The van der Waals surface area contributed by atoms with Crippen molar-refractivity contribution in [2.45, 2.75) is 32.4 Å². The average Bonchev–Trinajstić information content (AvgIpc) is 2.93. The number of carbonyl (C=O) groups is 1. The lowest BCUT2D eigenvalue weighted by molar-refractivity contribution is -0.121. The van der Waals surface area contributed by atoms with Crippen LogP contribution in [0.3, 0.4) is 0 Å². The molecule has 110 valence electrons. The Morgan fingerprint density at radius 1 is 1.43 bits per heavy atom. The highest BCUT2D eigenvalue weighted by molar-refractivity contribution is 5.97. The Morgan fingerprint density at radius 3 is 3.05 bits per heavy atom. The fourth-order valence-electron chi connectivity index (χ4n) is 2.64. The molecular formula is C16H19N3O2. The van der Waals surface area contributed by atoms with Gasteiger partial charge in [-0.3, -0.25) is 15.1 Å². The van der Waals surface area contributed by atoms with Gasteiger partial charge in [0.15, 0.2) is 0 Å². The molecule has 0 radical (unpaired) electrons. The SMILES string of the molecule is Cc1ccc(CN[C@H]2CCCN(c3cccnc3)C2=O)o1. The van der Waals surface area contributed by atoms with Gasteiger partial charge in [0.1, 0.15) is 11.5 Å². The summed E-state index contributed by atoms with van der Waals surface area (Å²) in [6.45, 7) is 3.24. The summed E-state index contributed by atoms with van der Waals surface area (Å²) < 4.78 is 5.52. The van der Waals surface area contributed by atoms with Crippen LogP contribution >= 0.6 is 0 Å². The summed E-state index contributed by atoms with van der Waals surface area (Å²) in [6, 6.07) is 7.48. The molecule has 3 rings (SSSR count). The fraction of sp³-hybridized carbons (Fsp3) is 0.375. The number of aromatic nitrogens is 1. The third-order valence-electron chi connectivity index (χ3n) is 3.71. The van der Waals surface area contributed by atoms with E-state index in [-0.39, 0.29) is 11.9 Å². The third kappa shape index (κ3) is 3.13. The number of hydrogen-bond donors (Lipinski definition) is 1. The number of hydrogen-bond acceptors (Lipinski definition) is 4. The van der Waals surface area contributed by atoms with E-state index in [0.29, 0.717) is 6.54 Å². The van der Waals surface area contributed by atoms with Crippen LogP contribution in [0.2, 0.25) is 0 Å². The first kappa shape index (κ1) is 13.8. The zero-order valence-corrected chi connectivity index (χ0v) is 12.1. The van der Waals surface area contributed by atoms with Gasteiger partial charge < -0.3 is 9.32 Å². The molecule has 0 aromatic carbocycles. The molecular weight excluding hydrogens is 266 g/mol. The first-order valence-corrected chi connectivity index (χ1v) is 7.24. The van der Waals surface area contributed by atoms with E-state index in [0.717, 1.165) is 36.6 Å². The number of carbonyl (C=O) groups excluding carboxylic acids is 1. The number of furan rings is 1. The van der Waals surface area contributed by atoms with Crippen molar-refractivity contribution in [3.05, 3.63) is 48.2 Å². The second kappa shape index (κ2) is 6.10. The van der Waals surface area contributed by atoms with Crippen molar-refractivity contribution in [3.8, 4) is 0 Å². The number of piperidine rings is 1. The van der Waals surface area contributed by atoms with Crippen LogP contribution in [-0.4, -0.2) is 23.5 Å². The zero-order chi connectivity index (χ0) is 14.7. The lowest BCUT2D eigenvalue weighted by atomic mass is 10.0. The van der Waals surface area contributed by atoms with Gasteiger partial charge >= 0.3 is 0 Å². The van der Waals surface area contributed by atoms with Crippen LogP contribution in [0.25, 0.3) is 0 Å². The summed E-state index contributed by atoms with van der Waals surface area (Å²) in [6.07, 6.45) is 5.29. The Bertz CT molecular complexity index is 609. The van der Waals surface area contributed by atoms with Crippen LogP contribution in [0.4, 0.5) is 5.69 Å². The number of nitrogens with zero attached hydrogens (tertiary/aromatic N) is 2. The number of amides is 1. The van der Waals surface area contributed by atoms with Gasteiger partial charge in [0, 0.05) is 12.7 Å². The molecule has 2 aromatic rings. The van der Waals surface area contributed by atoms with Crippen LogP contribution in [0.5, 0.6) is 0 Å². The van der Waals surface area contributed by atoms with E-state index >= 15 is 0 Å². The van der Waals surface area contributed by atoms with E-state index in [1.54, 1.807) is 12.4 Å². The van der Waals surface area contributed by atoms with Crippen LogP contribution in [0.15, 0.2) is 41.1 Å². The Labute approximate surface area is 124 Å². The molecule has 1 fully saturated rings. The summed E-state index contributed by atoms with van der Waals surface area (Å²) in [5.74, 6) is 1.86. The molecule has 2 aromatic heterocycles. The van der Waals surface area contributed by atoms with Crippen LogP contribution in [-0.2, 0) is 11.3 Å². The predicted molar refractivity (Wildman–Crippen MR) is 79.9 cm³/mol. The van der Waals surface area contributed by atoms with Crippen molar-refractivity contribution in [1.82, 2.24) is 10.3 Å². The van der Waals surface area contributed by atoms with E-state index in [4.69, 9.17) is 4.42 Å². The molecule has 1 aliphatic rings. The Hall–Kier alpha value is -2.14. The zero-order valence-electron chi connectivity index (χ0n) is 12.1. The molecule has 1 atom stereocenters. The topological polar surface area (TPSA) is 58.4 Å². The maximum absolute atomic E-state index is 12.6. The van der Waals surface area contributed by atoms with Crippen LogP contribution < -0.4 is 10.2 Å². The summed E-state index contributed by atoms with van der Waals surface area (Å²) in [5, 5.41) is 3.30. The molecule has 0 unspecified atom stereocenters. The lowest BCUT2D eigenvalue weighted by Gasteiger charge is -2.32. The second-order valence-electron chi connectivity index (χ2n) is 5.29. The highest BCUT2D eigenvalue weighted by Gasteiger charge is 2.29.